The number of H-pyrrole nitrogens is 1. The molecule has 118 valence electrons. The average molecular weight is 294 g/mol. The van der Waals surface area contributed by atoms with Crippen LogP contribution < -0.4 is 4.90 Å². The van der Waals surface area contributed by atoms with E-state index in [9.17, 15) is 4.79 Å². The van der Waals surface area contributed by atoms with Crippen LogP contribution in [0.1, 0.15) is 40.3 Å². The van der Waals surface area contributed by atoms with E-state index in [1.165, 1.54) is 0 Å². The molecule has 0 spiro atoms. The molecular weight excluding hydrogens is 268 g/mol. The third kappa shape index (κ3) is 3.68. The summed E-state index contributed by atoms with van der Waals surface area (Å²) in [5.74, 6) is 0.940. The van der Waals surface area contributed by atoms with E-state index in [0.717, 1.165) is 24.6 Å². The lowest BCUT2D eigenvalue weighted by Gasteiger charge is -2.44. The number of anilines is 1. The van der Waals surface area contributed by atoms with Gasteiger partial charge in [-0.15, -0.1) is 0 Å². The molecule has 1 aliphatic heterocycles. The molecule has 1 aromatic heterocycles. The van der Waals surface area contributed by atoms with Gasteiger partial charge in [0, 0.05) is 24.8 Å². The Morgan fingerprint density at radius 2 is 1.90 bits per heavy atom. The first kappa shape index (κ1) is 15.7. The van der Waals surface area contributed by atoms with Crippen molar-refractivity contribution in [3.8, 4) is 0 Å². The first-order valence-electron chi connectivity index (χ1n) is 7.45. The number of amides is 1. The molecule has 2 unspecified atom stereocenters. The molecular formula is C15H26N4O2. The fourth-order valence-electron chi connectivity index (χ4n) is 2.75. The highest BCUT2D eigenvalue weighted by atomic mass is 16.6. The molecule has 1 N–H and O–H groups in total. The maximum atomic E-state index is 12.3. The first-order valence-corrected chi connectivity index (χ1v) is 7.45. The molecule has 0 aromatic carbocycles. The number of ether oxygens (including phenoxy) is 1. The third-order valence-electron chi connectivity index (χ3n) is 3.54. The highest BCUT2D eigenvalue weighted by Gasteiger charge is 2.36. The molecule has 0 bridgehead atoms. The minimum atomic E-state index is -0.465. The predicted molar refractivity (Wildman–Crippen MR) is 82.5 cm³/mol. The number of piperazine rings is 1. The van der Waals surface area contributed by atoms with Crippen LogP contribution in [-0.4, -0.2) is 52.0 Å². The molecule has 6 heteroatoms. The van der Waals surface area contributed by atoms with Crippen molar-refractivity contribution in [2.45, 2.75) is 59.2 Å². The van der Waals surface area contributed by atoms with Crippen LogP contribution in [0.4, 0.5) is 10.6 Å². The van der Waals surface area contributed by atoms with Crippen LogP contribution in [0, 0.1) is 6.92 Å². The zero-order valence-corrected chi connectivity index (χ0v) is 13.8. The van der Waals surface area contributed by atoms with Gasteiger partial charge in [-0.1, -0.05) is 0 Å². The number of nitrogens with zero attached hydrogens (tertiary/aromatic N) is 3. The quantitative estimate of drug-likeness (QED) is 0.864. The third-order valence-corrected chi connectivity index (χ3v) is 3.54. The maximum absolute atomic E-state index is 12.3. The molecule has 0 saturated carbocycles. The summed E-state index contributed by atoms with van der Waals surface area (Å²) in [6.07, 6.45) is -0.236. The van der Waals surface area contributed by atoms with Crippen LogP contribution in [0.2, 0.25) is 0 Å². The van der Waals surface area contributed by atoms with Crippen molar-refractivity contribution < 1.29 is 9.53 Å². The van der Waals surface area contributed by atoms with Gasteiger partial charge in [0.2, 0.25) is 0 Å². The summed E-state index contributed by atoms with van der Waals surface area (Å²) in [5, 5.41) is 7.27. The van der Waals surface area contributed by atoms with E-state index in [0.29, 0.717) is 0 Å². The van der Waals surface area contributed by atoms with Crippen LogP contribution in [0.3, 0.4) is 0 Å². The molecule has 21 heavy (non-hydrogen) atoms. The average Bonchev–Trinajstić information content (AvgIpc) is 2.72. The summed E-state index contributed by atoms with van der Waals surface area (Å²) in [5.41, 5.74) is 0.576. The van der Waals surface area contributed by atoms with Crippen molar-refractivity contribution in [2.24, 2.45) is 0 Å². The van der Waals surface area contributed by atoms with E-state index < -0.39 is 5.60 Å². The van der Waals surface area contributed by atoms with Gasteiger partial charge in [-0.2, -0.15) is 5.10 Å². The number of aromatic nitrogens is 2. The fraction of sp³-hybridized carbons (Fsp3) is 0.733. The summed E-state index contributed by atoms with van der Waals surface area (Å²) < 4.78 is 5.51. The standard InChI is InChI=1S/C15H26N4O2/c1-10-7-13(17-16-10)18-8-11(2)19(12(3)9-18)14(20)21-15(4,5)6/h7,11-12H,8-9H2,1-6H3,(H,16,17). The minimum Gasteiger partial charge on any atom is -0.444 e. The zero-order chi connectivity index (χ0) is 15.8. The second-order valence-corrected chi connectivity index (χ2v) is 6.90. The van der Waals surface area contributed by atoms with Crippen molar-refractivity contribution in [2.75, 3.05) is 18.0 Å². The normalized spacial score (nSPS) is 23.3. The van der Waals surface area contributed by atoms with Gasteiger partial charge < -0.3 is 9.64 Å². The monoisotopic (exact) mass is 294 g/mol. The van der Waals surface area contributed by atoms with Gasteiger partial charge >= 0.3 is 6.09 Å². The first-order chi connectivity index (χ1) is 9.67. The molecule has 2 atom stereocenters. The van der Waals surface area contributed by atoms with Crippen molar-refractivity contribution in [1.82, 2.24) is 15.1 Å². The second kappa shape index (κ2) is 5.58. The number of nitrogens with one attached hydrogen (secondary N) is 1. The Hall–Kier alpha value is -1.72. The lowest BCUT2D eigenvalue weighted by molar-refractivity contribution is 0.00561. The topological polar surface area (TPSA) is 61.5 Å². The van der Waals surface area contributed by atoms with Crippen molar-refractivity contribution >= 4 is 11.9 Å². The van der Waals surface area contributed by atoms with Crippen LogP contribution in [0.15, 0.2) is 6.07 Å². The molecule has 1 fully saturated rings. The Kier molecular flexibility index (Phi) is 4.16. The number of carbonyl (C=O) groups is 1. The number of hydrogen-bond acceptors (Lipinski definition) is 4. The molecule has 0 aliphatic carbocycles. The van der Waals surface area contributed by atoms with E-state index in [4.69, 9.17) is 4.74 Å². The highest BCUT2D eigenvalue weighted by molar-refractivity contribution is 5.69. The second-order valence-electron chi connectivity index (χ2n) is 6.90. The summed E-state index contributed by atoms with van der Waals surface area (Å²) in [6, 6.07) is 2.20. The molecule has 1 saturated heterocycles. The molecule has 6 nitrogen and oxygen atoms in total. The molecule has 1 aliphatic rings. The lowest BCUT2D eigenvalue weighted by Crippen LogP contribution is -2.59. The van der Waals surface area contributed by atoms with Gasteiger partial charge in [-0.25, -0.2) is 4.79 Å². The maximum Gasteiger partial charge on any atom is 0.410 e. The van der Waals surface area contributed by atoms with Crippen LogP contribution in [-0.2, 0) is 4.74 Å². The summed E-state index contributed by atoms with van der Waals surface area (Å²) in [4.78, 5) is 16.4. The Balaban J connectivity index is 2.07. The minimum absolute atomic E-state index is 0.0839. The van der Waals surface area contributed by atoms with E-state index in [1.807, 2.05) is 52.5 Å². The number of aromatic amines is 1. The Morgan fingerprint density at radius 3 is 2.33 bits per heavy atom. The van der Waals surface area contributed by atoms with Gasteiger partial charge in [0.1, 0.15) is 5.60 Å². The lowest BCUT2D eigenvalue weighted by atomic mass is 10.1. The largest absolute Gasteiger partial charge is 0.444 e. The smallest absolute Gasteiger partial charge is 0.410 e. The summed E-state index contributed by atoms with van der Waals surface area (Å²) in [6.45, 7) is 13.3. The molecule has 1 amide bonds. The highest BCUT2D eigenvalue weighted by Crippen LogP contribution is 2.23. The summed E-state index contributed by atoms with van der Waals surface area (Å²) >= 11 is 0. The van der Waals surface area contributed by atoms with Gasteiger partial charge in [0.15, 0.2) is 5.82 Å². The van der Waals surface area contributed by atoms with Crippen LogP contribution >= 0.6 is 0 Å². The molecule has 2 heterocycles. The number of aryl methyl sites for hydroxylation is 1. The van der Waals surface area contributed by atoms with Gasteiger partial charge in [0.25, 0.3) is 0 Å². The van der Waals surface area contributed by atoms with E-state index in [2.05, 4.69) is 15.1 Å². The molecule has 0 radical (unpaired) electrons. The van der Waals surface area contributed by atoms with Crippen LogP contribution in [0.25, 0.3) is 0 Å². The van der Waals surface area contributed by atoms with Gasteiger partial charge in [0.05, 0.1) is 12.1 Å². The number of carbonyl (C=O) groups excluding carboxylic acids is 1. The Bertz CT molecular complexity index is 494. The molecule has 2 rings (SSSR count). The van der Waals surface area contributed by atoms with E-state index in [-0.39, 0.29) is 18.2 Å². The van der Waals surface area contributed by atoms with E-state index in [1.54, 1.807) is 0 Å². The predicted octanol–water partition coefficient (Wildman–Crippen LogP) is 2.55. The Labute approximate surface area is 126 Å². The zero-order valence-electron chi connectivity index (χ0n) is 13.8. The van der Waals surface area contributed by atoms with Crippen LogP contribution in [0.5, 0.6) is 0 Å². The van der Waals surface area contributed by atoms with E-state index >= 15 is 0 Å². The van der Waals surface area contributed by atoms with Crippen molar-refractivity contribution in [3.05, 3.63) is 11.8 Å². The van der Waals surface area contributed by atoms with Gasteiger partial charge in [-0.3, -0.25) is 10.00 Å². The Morgan fingerprint density at radius 1 is 1.33 bits per heavy atom. The molecule has 1 aromatic rings. The van der Waals surface area contributed by atoms with Crippen molar-refractivity contribution in [3.63, 3.8) is 0 Å². The summed E-state index contributed by atoms with van der Waals surface area (Å²) in [7, 11) is 0. The number of hydrogen-bond donors (Lipinski definition) is 1. The fourth-order valence-corrected chi connectivity index (χ4v) is 2.75. The van der Waals surface area contributed by atoms with Crippen molar-refractivity contribution in [1.29, 1.82) is 0 Å². The number of rotatable bonds is 1. The SMILES string of the molecule is Cc1cc(N2CC(C)N(C(=O)OC(C)(C)C)C(C)C2)n[nH]1. The van der Waals surface area contributed by atoms with Gasteiger partial charge in [-0.05, 0) is 41.5 Å².